The summed E-state index contributed by atoms with van der Waals surface area (Å²) in [6.45, 7) is 5.31. The molecule has 1 saturated carbocycles. The van der Waals surface area contributed by atoms with Crippen LogP contribution in [0.5, 0.6) is 11.8 Å². The Labute approximate surface area is 185 Å². The molecule has 0 amide bonds. The Morgan fingerprint density at radius 1 is 1.22 bits per heavy atom. The van der Waals surface area contributed by atoms with Crippen molar-refractivity contribution in [2.45, 2.75) is 12.5 Å². The first-order valence-corrected chi connectivity index (χ1v) is 10.8. The minimum absolute atomic E-state index is 0.0866. The van der Waals surface area contributed by atoms with Gasteiger partial charge in [0.05, 0.1) is 11.9 Å². The maximum absolute atomic E-state index is 9.50. The highest BCUT2D eigenvalue weighted by Gasteiger charge is 2.54. The van der Waals surface area contributed by atoms with Gasteiger partial charge in [-0.15, -0.1) is 0 Å². The number of hydrogen-bond acceptors (Lipinski definition) is 8. The molecule has 3 heterocycles. The number of fused-ring (bicyclic) bond motifs is 4. The molecule has 2 unspecified atom stereocenters. The van der Waals surface area contributed by atoms with Crippen LogP contribution in [0.2, 0.25) is 0 Å². The Bertz CT molecular complexity index is 1230. The molecular formula is C24H24N6O2. The quantitative estimate of drug-likeness (QED) is 0.416. The van der Waals surface area contributed by atoms with Gasteiger partial charge in [0.15, 0.2) is 0 Å². The lowest BCUT2D eigenvalue weighted by molar-refractivity contribution is 0.437. The first-order chi connectivity index (χ1) is 15.5. The fourth-order valence-corrected chi connectivity index (χ4v) is 5.03. The second kappa shape index (κ2) is 6.93. The number of nitrogens with two attached hydrogens (primary N) is 1. The van der Waals surface area contributed by atoms with Crippen molar-refractivity contribution in [3.8, 4) is 22.9 Å². The third kappa shape index (κ3) is 2.90. The number of ether oxygens (including phenoxy) is 1. The molecule has 1 aromatic carbocycles. The van der Waals surface area contributed by atoms with Gasteiger partial charge in [0.25, 0.3) is 0 Å². The average molecular weight is 428 g/mol. The summed E-state index contributed by atoms with van der Waals surface area (Å²) in [7, 11) is 1.94. The molecule has 2 aromatic heterocycles. The Hall–Kier alpha value is -3.65. The lowest BCUT2D eigenvalue weighted by atomic mass is 10.1. The van der Waals surface area contributed by atoms with Crippen molar-refractivity contribution in [2.75, 3.05) is 30.4 Å². The van der Waals surface area contributed by atoms with Gasteiger partial charge in [-0.3, -0.25) is 0 Å². The molecule has 0 spiro atoms. The molecule has 2 aliphatic carbocycles. The van der Waals surface area contributed by atoms with Gasteiger partial charge in [0.2, 0.25) is 0 Å². The highest BCUT2D eigenvalue weighted by molar-refractivity contribution is 5.88. The van der Waals surface area contributed by atoms with E-state index in [0.29, 0.717) is 35.3 Å². The Morgan fingerprint density at radius 3 is 2.72 bits per heavy atom. The molecule has 162 valence electrons. The highest BCUT2D eigenvalue weighted by Crippen LogP contribution is 2.50. The van der Waals surface area contributed by atoms with Gasteiger partial charge >= 0.3 is 6.01 Å². The molecular weight excluding hydrogens is 404 g/mol. The van der Waals surface area contributed by atoms with Crippen LogP contribution in [-0.2, 0) is 6.42 Å². The summed E-state index contributed by atoms with van der Waals surface area (Å²) in [5, 5.41) is 12.8. The van der Waals surface area contributed by atoms with E-state index in [1.807, 2.05) is 7.05 Å². The Kier molecular flexibility index (Phi) is 4.13. The molecule has 3 aromatic rings. The van der Waals surface area contributed by atoms with Crippen LogP contribution in [0.1, 0.15) is 17.0 Å². The molecule has 8 heteroatoms. The van der Waals surface area contributed by atoms with Crippen LogP contribution in [0.15, 0.2) is 43.1 Å². The summed E-state index contributed by atoms with van der Waals surface area (Å²) in [6, 6.07) is 10.3. The summed E-state index contributed by atoms with van der Waals surface area (Å²) >= 11 is 0. The van der Waals surface area contributed by atoms with E-state index in [9.17, 15) is 5.11 Å². The van der Waals surface area contributed by atoms with E-state index in [4.69, 9.17) is 20.4 Å². The summed E-state index contributed by atoms with van der Waals surface area (Å²) < 4.78 is 5.99. The van der Waals surface area contributed by atoms with E-state index in [1.54, 1.807) is 12.1 Å². The largest absolute Gasteiger partial charge is 0.506 e. The van der Waals surface area contributed by atoms with Crippen LogP contribution in [0, 0.1) is 11.8 Å². The third-order valence-electron chi connectivity index (χ3n) is 6.80. The number of nitrogens with zero attached hydrogens (tertiary/aromatic N) is 4. The standard InChI is InChI=1S/C24H24N6O2/c1-12(31)18-7-6-13(9-27-18)32-24-28-20-8-15-14(4-3-5-19(15)26-2)21(20)23(29-24)30-10-16-17(11-30)22(16)25/h3-7,9,16-17,22,26,31H,1,8,10-11,25H2,2H3. The van der Waals surface area contributed by atoms with Crippen molar-refractivity contribution in [1.29, 1.82) is 0 Å². The summed E-state index contributed by atoms with van der Waals surface area (Å²) in [5.74, 6) is 2.40. The zero-order chi connectivity index (χ0) is 22.0. The molecule has 2 fully saturated rings. The first-order valence-electron chi connectivity index (χ1n) is 10.8. The third-order valence-corrected chi connectivity index (χ3v) is 6.80. The van der Waals surface area contributed by atoms with E-state index < -0.39 is 0 Å². The fourth-order valence-electron chi connectivity index (χ4n) is 5.03. The van der Waals surface area contributed by atoms with Crippen molar-refractivity contribution in [3.63, 3.8) is 0 Å². The van der Waals surface area contributed by atoms with E-state index >= 15 is 0 Å². The molecule has 32 heavy (non-hydrogen) atoms. The molecule has 1 saturated heterocycles. The fraction of sp³-hybridized carbons (Fsp3) is 0.292. The summed E-state index contributed by atoms with van der Waals surface area (Å²) in [6.07, 6.45) is 2.25. The van der Waals surface area contributed by atoms with Crippen molar-refractivity contribution < 1.29 is 9.84 Å². The minimum atomic E-state index is -0.0866. The summed E-state index contributed by atoms with van der Waals surface area (Å²) in [5.41, 5.74) is 12.1. The number of hydrogen-bond donors (Lipinski definition) is 3. The second-order valence-electron chi connectivity index (χ2n) is 8.65. The van der Waals surface area contributed by atoms with Gasteiger partial charge in [0, 0.05) is 43.9 Å². The lowest BCUT2D eigenvalue weighted by Gasteiger charge is -2.23. The normalized spacial score (nSPS) is 22.2. The second-order valence-corrected chi connectivity index (χ2v) is 8.65. The van der Waals surface area contributed by atoms with Crippen molar-refractivity contribution in [2.24, 2.45) is 17.6 Å². The smallest absolute Gasteiger partial charge is 0.324 e. The van der Waals surface area contributed by atoms with E-state index in [-0.39, 0.29) is 5.76 Å². The van der Waals surface area contributed by atoms with Crippen LogP contribution >= 0.6 is 0 Å². The van der Waals surface area contributed by atoms with Gasteiger partial charge in [-0.05, 0) is 41.2 Å². The molecule has 2 atom stereocenters. The maximum Gasteiger partial charge on any atom is 0.324 e. The zero-order valence-corrected chi connectivity index (χ0v) is 17.7. The zero-order valence-electron chi connectivity index (χ0n) is 17.7. The van der Waals surface area contributed by atoms with Gasteiger partial charge in [-0.1, -0.05) is 18.7 Å². The lowest BCUT2D eigenvalue weighted by Crippen LogP contribution is -2.29. The van der Waals surface area contributed by atoms with Crippen molar-refractivity contribution >= 4 is 17.3 Å². The Balaban J connectivity index is 1.40. The Morgan fingerprint density at radius 2 is 2.03 bits per heavy atom. The van der Waals surface area contributed by atoms with Gasteiger partial charge in [0.1, 0.15) is 23.0 Å². The number of aliphatic hydroxyl groups is 1. The minimum Gasteiger partial charge on any atom is -0.506 e. The van der Waals surface area contributed by atoms with E-state index in [0.717, 1.165) is 42.3 Å². The number of aromatic nitrogens is 3. The van der Waals surface area contributed by atoms with Crippen molar-refractivity contribution in [3.05, 3.63) is 60.1 Å². The molecule has 0 bridgehead atoms. The van der Waals surface area contributed by atoms with Crippen LogP contribution < -0.4 is 20.7 Å². The van der Waals surface area contributed by atoms with Crippen LogP contribution in [0.3, 0.4) is 0 Å². The molecule has 8 nitrogen and oxygen atoms in total. The number of nitrogens with one attached hydrogen (secondary N) is 1. The van der Waals surface area contributed by atoms with Crippen LogP contribution in [0.4, 0.5) is 11.5 Å². The SMILES string of the molecule is C=C(O)c1ccc(Oc2nc3c(c(N4CC5C(N)C5C4)n2)-c2cccc(NC)c2C3)cn1. The number of pyridine rings is 1. The average Bonchev–Trinajstić information content (AvgIpc) is 3.14. The predicted molar refractivity (Wildman–Crippen MR) is 123 cm³/mol. The van der Waals surface area contributed by atoms with Crippen molar-refractivity contribution in [1.82, 2.24) is 15.0 Å². The van der Waals surface area contributed by atoms with E-state index in [2.05, 4.69) is 40.0 Å². The molecule has 4 N–H and O–H groups in total. The highest BCUT2D eigenvalue weighted by atomic mass is 16.5. The number of anilines is 2. The van der Waals surface area contributed by atoms with Gasteiger partial charge < -0.3 is 25.8 Å². The van der Waals surface area contributed by atoms with Crippen LogP contribution in [0.25, 0.3) is 16.9 Å². The number of aliphatic hydroxyl groups excluding tert-OH is 1. The number of benzene rings is 1. The predicted octanol–water partition coefficient (Wildman–Crippen LogP) is 3.20. The number of piperidine rings is 1. The van der Waals surface area contributed by atoms with Crippen LogP contribution in [-0.4, -0.2) is 46.2 Å². The van der Waals surface area contributed by atoms with Gasteiger partial charge in [-0.25, -0.2) is 4.98 Å². The monoisotopic (exact) mass is 428 g/mol. The number of rotatable bonds is 5. The molecule has 6 rings (SSSR count). The molecule has 1 aliphatic heterocycles. The van der Waals surface area contributed by atoms with Gasteiger partial charge in [-0.2, -0.15) is 9.97 Å². The van der Waals surface area contributed by atoms with E-state index in [1.165, 1.54) is 17.3 Å². The first kappa shape index (κ1) is 19.1. The summed E-state index contributed by atoms with van der Waals surface area (Å²) in [4.78, 5) is 16.1. The molecule has 3 aliphatic rings. The maximum atomic E-state index is 9.50. The molecule has 0 radical (unpaired) electrons. The topological polar surface area (TPSA) is 109 Å².